The Morgan fingerprint density at radius 1 is 0.944 bits per heavy atom. The van der Waals surface area contributed by atoms with Gasteiger partial charge < -0.3 is 54.7 Å². The zero-order valence-corrected chi connectivity index (χ0v) is 29.8. The van der Waals surface area contributed by atoms with E-state index < -0.39 is 91.7 Å². The molecule has 1 fully saturated rings. The van der Waals surface area contributed by atoms with Crippen LogP contribution < -0.4 is 20.1 Å². The van der Waals surface area contributed by atoms with Crippen molar-refractivity contribution < 1.29 is 75.4 Å². The molecule has 0 bridgehead atoms. The molecule has 298 valence electrons. The van der Waals surface area contributed by atoms with Gasteiger partial charge in [-0.25, -0.2) is 17.9 Å². The topological polar surface area (TPSA) is 227 Å². The predicted octanol–water partition coefficient (Wildman–Crippen LogP) is 2.05. The largest absolute Gasteiger partial charge is 0.462 e. The fourth-order valence-corrected chi connectivity index (χ4v) is 5.74. The quantitative estimate of drug-likeness (QED) is 0.0143. The maximum absolute atomic E-state index is 13.7. The van der Waals surface area contributed by atoms with Crippen LogP contribution in [0.2, 0.25) is 0 Å². The maximum Gasteiger partial charge on any atom is 0.325 e. The number of aryl methyl sites for hydroxylation is 1. The summed E-state index contributed by atoms with van der Waals surface area (Å²) in [6, 6.07) is 6.34. The highest BCUT2D eigenvalue weighted by molar-refractivity contribution is 7.80. The highest BCUT2D eigenvalue weighted by Gasteiger charge is 2.45. The number of carbonyl (C=O) groups is 1. The fourth-order valence-electron chi connectivity index (χ4n) is 4.92. The Balaban J connectivity index is 1.08. The second-order valence-corrected chi connectivity index (χ2v) is 14.1. The van der Waals surface area contributed by atoms with Gasteiger partial charge in [-0.05, 0) is 62.2 Å². The van der Waals surface area contributed by atoms with E-state index in [9.17, 15) is 46.6 Å². The third kappa shape index (κ3) is 12.3. The Morgan fingerprint density at radius 3 is 2.28 bits per heavy atom. The van der Waals surface area contributed by atoms with Crippen LogP contribution in [0.25, 0.3) is 0 Å². The van der Waals surface area contributed by atoms with Crippen molar-refractivity contribution >= 4 is 36.6 Å². The van der Waals surface area contributed by atoms with E-state index in [1.165, 1.54) is 16.8 Å². The SMILES string of the molecule is O=C(CCOCCn1cc(CCCCNC(=S)Nc2ccc(O[C@H]3O[C@H](CCP(=O)(O)O)[C@@H](O)[C@H](O)[C@@H]3O)cc2)nn1)Oc1c(F)c(F)c(F)c(F)c1F. The van der Waals surface area contributed by atoms with Crippen LogP contribution in [0.5, 0.6) is 11.5 Å². The lowest BCUT2D eigenvalue weighted by molar-refractivity contribution is -0.272. The van der Waals surface area contributed by atoms with Gasteiger partial charge in [0.2, 0.25) is 41.1 Å². The van der Waals surface area contributed by atoms with Gasteiger partial charge in [0.05, 0.1) is 44.1 Å². The Kier molecular flexibility index (Phi) is 15.6. The van der Waals surface area contributed by atoms with Crippen LogP contribution in [0, 0.1) is 29.1 Å². The minimum absolute atomic E-state index is 0.0697. The Bertz CT molecular complexity index is 1760. The number of nitrogens with one attached hydrogen (secondary N) is 2. The number of aliphatic hydroxyl groups excluding tert-OH is 3. The molecular weight excluding hydrogens is 776 g/mol. The molecule has 0 unspecified atom stereocenters. The second-order valence-electron chi connectivity index (χ2n) is 11.9. The second kappa shape index (κ2) is 19.6. The molecule has 1 aromatic heterocycles. The molecule has 23 heteroatoms. The van der Waals surface area contributed by atoms with Crippen LogP contribution in [-0.4, -0.2) is 108 Å². The van der Waals surface area contributed by atoms with Crippen LogP contribution >= 0.6 is 19.8 Å². The van der Waals surface area contributed by atoms with Gasteiger partial charge in [0.25, 0.3) is 0 Å². The molecule has 0 radical (unpaired) electrons. The summed E-state index contributed by atoms with van der Waals surface area (Å²) in [6.07, 6.45) is -5.06. The standard InChI is InChI=1S/C31H37F5N5O11PS/c32-21-22(33)24(35)29(25(36)23(21)34)52-20(42)8-12-49-13-11-41-15-17(39-40-41)3-1-2-10-37-31(54)38-16-4-6-18(7-5-16)50-30-28(45)27(44)26(43)19(51-30)9-14-53(46,47)48/h4-7,15,19,26-28,30,43-45H,1-3,8-14H2,(H2,37,38,54)(H2,46,47,48)/t19-,26-,27+,28+,30+/m1/s1. The van der Waals surface area contributed by atoms with Crippen molar-refractivity contribution in [2.45, 2.75) is 69.4 Å². The van der Waals surface area contributed by atoms with Gasteiger partial charge in [-0.2, -0.15) is 8.78 Å². The summed E-state index contributed by atoms with van der Waals surface area (Å²) < 4.78 is 100. The Morgan fingerprint density at radius 2 is 1.61 bits per heavy atom. The van der Waals surface area contributed by atoms with E-state index in [1.54, 1.807) is 18.3 Å². The number of aromatic nitrogens is 3. The number of benzene rings is 2. The first-order chi connectivity index (χ1) is 25.5. The van der Waals surface area contributed by atoms with Gasteiger partial charge in [-0.3, -0.25) is 9.36 Å². The van der Waals surface area contributed by atoms with Crippen LogP contribution in [0.1, 0.15) is 31.4 Å². The first-order valence-corrected chi connectivity index (χ1v) is 18.5. The lowest BCUT2D eigenvalue weighted by Crippen LogP contribution is -2.59. The van der Waals surface area contributed by atoms with Crippen molar-refractivity contribution in [2.24, 2.45) is 0 Å². The number of ether oxygens (including phenoxy) is 4. The van der Waals surface area contributed by atoms with E-state index >= 15 is 0 Å². The van der Waals surface area contributed by atoms with Gasteiger partial charge in [-0.15, -0.1) is 5.10 Å². The molecule has 54 heavy (non-hydrogen) atoms. The minimum atomic E-state index is -4.39. The predicted molar refractivity (Wildman–Crippen MR) is 180 cm³/mol. The number of hydrogen-bond donors (Lipinski definition) is 7. The van der Waals surface area contributed by atoms with Crippen molar-refractivity contribution in [3.05, 3.63) is 65.2 Å². The Hall–Kier alpha value is -3.86. The lowest BCUT2D eigenvalue weighted by Gasteiger charge is -2.40. The Labute approximate surface area is 309 Å². The van der Waals surface area contributed by atoms with Crippen LogP contribution in [0.4, 0.5) is 27.6 Å². The number of anilines is 1. The van der Waals surface area contributed by atoms with Crippen molar-refractivity contribution in [2.75, 3.05) is 31.2 Å². The molecule has 5 atom stereocenters. The number of aliphatic hydroxyl groups is 3. The maximum atomic E-state index is 13.7. The zero-order valence-electron chi connectivity index (χ0n) is 28.1. The van der Waals surface area contributed by atoms with Crippen LogP contribution in [0.15, 0.2) is 30.5 Å². The molecule has 0 spiro atoms. The number of halogens is 5. The molecule has 16 nitrogen and oxygen atoms in total. The van der Waals surface area contributed by atoms with Gasteiger partial charge in [0.1, 0.15) is 24.1 Å². The van der Waals surface area contributed by atoms with E-state index in [2.05, 4.69) is 25.7 Å². The van der Waals surface area contributed by atoms with Gasteiger partial charge >= 0.3 is 13.6 Å². The minimum Gasteiger partial charge on any atom is -0.462 e. The zero-order chi connectivity index (χ0) is 39.6. The highest BCUT2D eigenvalue weighted by Crippen LogP contribution is 2.37. The van der Waals surface area contributed by atoms with E-state index in [0.717, 1.165) is 12.8 Å². The first kappa shape index (κ1) is 42.9. The number of nitrogens with zero attached hydrogens (tertiary/aromatic N) is 3. The third-order valence-corrected chi connectivity index (χ3v) is 8.86. The lowest BCUT2D eigenvalue weighted by atomic mass is 9.97. The molecule has 3 aromatic rings. The summed E-state index contributed by atoms with van der Waals surface area (Å²) in [4.78, 5) is 30.0. The summed E-state index contributed by atoms with van der Waals surface area (Å²) >= 11 is 5.33. The van der Waals surface area contributed by atoms with Crippen molar-refractivity contribution in [1.29, 1.82) is 0 Å². The number of carbonyl (C=O) groups excluding carboxylic acids is 1. The average molecular weight is 814 g/mol. The summed E-state index contributed by atoms with van der Waals surface area (Å²) in [5, 5.41) is 45.1. The molecular formula is C31H37F5N5O11PS. The molecule has 2 heterocycles. The van der Waals surface area contributed by atoms with Crippen molar-refractivity contribution in [3.8, 4) is 11.5 Å². The smallest absolute Gasteiger partial charge is 0.325 e. The molecule has 1 saturated heterocycles. The van der Waals surface area contributed by atoms with Crippen molar-refractivity contribution in [3.63, 3.8) is 0 Å². The van der Waals surface area contributed by atoms with E-state index in [-0.39, 0.29) is 31.9 Å². The summed E-state index contributed by atoms with van der Waals surface area (Å²) in [6.45, 7) is 0.600. The number of thiocarbonyl (C=S) groups is 1. The first-order valence-electron chi connectivity index (χ1n) is 16.3. The molecule has 4 rings (SSSR count). The van der Waals surface area contributed by atoms with E-state index in [0.29, 0.717) is 29.5 Å². The fraction of sp³-hybridized carbons (Fsp3) is 0.484. The monoisotopic (exact) mass is 813 g/mol. The van der Waals surface area contributed by atoms with Crippen LogP contribution in [0.3, 0.4) is 0 Å². The van der Waals surface area contributed by atoms with Gasteiger partial charge in [0, 0.05) is 18.4 Å². The van der Waals surface area contributed by atoms with Crippen molar-refractivity contribution in [1.82, 2.24) is 20.3 Å². The third-order valence-electron chi connectivity index (χ3n) is 7.77. The van der Waals surface area contributed by atoms with E-state index in [1.807, 2.05) is 0 Å². The molecule has 2 aromatic carbocycles. The number of unbranched alkanes of at least 4 members (excludes halogenated alkanes) is 1. The average Bonchev–Trinajstić information content (AvgIpc) is 3.59. The molecule has 1 aliphatic heterocycles. The molecule has 0 aliphatic carbocycles. The van der Waals surface area contributed by atoms with Gasteiger partial charge in [-0.1, -0.05) is 5.21 Å². The number of esters is 1. The summed E-state index contributed by atoms with van der Waals surface area (Å²) in [5.74, 6) is -14.1. The highest BCUT2D eigenvalue weighted by atomic mass is 32.1. The van der Waals surface area contributed by atoms with E-state index in [4.69, 9.17) is 36.2 Å². The normalized spacial score (nSPS) is 20.1. The van der Waals surface area contributed by atoms with Crippen LogP contribution in [-0.2, 0) is 31.8 Å². The molecule has 0 saturated carbocycles. The summed E-state index contributed by atoms with van der Waals surface area (Å²) in [7, 11) is -4.39. The number of hydrogen-bond acceptors (Lipinski definition) is 12. The summed E-state index contributed by atoms with van der Waals surface area (Å²) in [5.41, 5.74) is 1.31. The number of rotatable bonds is 18. The molecule has 0 amide bonds. The van der Waals surface area contributed by atoms with Gasteiger partial charge in [0.15, 0.2) is 5.11 Å². The molecule has 1 aliphatic rings. The molecule has 7 N–H and O–H groups in total.